The van der Waals surface area contributed by atoms with Gasteiger partial charge in [0.15, 0.2) is 0 Å². The first kappa shape index (κ1) is 71.9. The molecule has 0 aliphatic carbocycles. The monoisotopic (exact) mass is 1220 g/mol. The number of aryl methyl sites for hydroxylation is 4. The number of hydrogen-bond donors (Lipinski definition) is 0. The summed E-state index contributed by atoms with van der Waals surface area (Å²) < 4.78 is 72.0. The Morgan fingerprint density at radius 2 is 0.506 bits per heavy atom. The van der Waals surface area contributed by atoms with Gasteiger partial charge < -0.3 is 9.11 Å². The van der Waals surface area contributed by atoms with Gasteiger partial charge in [-0.05, 0) is 107 Å². The predicted octanol–water partition coefficient (Wildman–Crippen LogP) is 21.0. The van der Waals surface area contributed by atoms with Gasteiger partial charge in [0.05, 0.1) is 9.79 Å². The largest absolute Gasteiger partial charge is 2.00 e. The molecule has 0 heterocycles. The molecule has 4 aromatic rings. The summed E-state index contributed by atoms with van der Waals surface area (Å²) in [5, 5.41) is 3.99. The van der Waals surface area contributed by atoms with Crippen molar-refractivity contribution in [3.05, 3.63) is 82.9 Å². The van der Waals surface area contributed by atoms with E-state index in [-0.39, 0.29) is 58.7 Å². The summed E-state index contributed by atoms with van der Waals surface area (Å²) in [5.41, 5.74) is 4.06. The quantitative estimate of drug-likeness (QED) is 0.0247. The topological polar surface area (TPSA) is 114 Å². The Morgan fingerprint density at radius 1 is 0.286 bits per heavy atom. The van der Waals surface area contributed by atoms with Crippen molar-refractivity contribution in [2.45, 2.75) is 320 Å². The molecule has 0 aliphatic rings. The fourth-order valence-corrected chi connectivity index (χ4v) is 12.9. The molecule has 77 heavy (non-hydrogen) atoms. The van der Waals surface area contributed by atoms with Gasteiger partial charge in [-0.3, -0.25) is 0 Å². The maximum Gasteiger partial charge on any atom is 2.00 e. The summed E-state index contributed by atoms with van der Waals surface area (Å²) >= 11 is 0. The van der Waals surface area contributed by atoms with E-state index in [0.29, 0.717) is 12.8 Å². The van der Waals surface area contributed by atoms with E-state index in [4.69, 9.17) is 0 Å². The minimum absolute atomic E-state index is 0. The molecule has 0 N–H and O–H groups in total. The maximum atomic E-state index is 12.0. The predicted molar refractivity (Wildman–Crippen MR) is 332 cm³/mol. The third kappa shape index (κ3) is 32.3. The number of rotatable bonds is 46. The first-order chi connectivity index (χ1) is 36.9. The van der Waals surface area contributed by atoms with Gasteiger partial charge in [-0.15, -0.1) is 0 Å². The Kier molecular flexibility index (Phi) is 42.3. The van der Waals surface area contributed by atoms with Crippen LogP contribution < -0.4 is 0 Å². The van der Waals surface area contributed by atoms with E-state index >= 15 is 0 Å². The average molecular weight is 1230 g/mol. The molecule has 6 nitrogen and oxygen atoms in total. The first-order valence-corrected chi connectivity index (χ1v) is 34.8. The van der Waals surface area contributed by atoms with E-state index in [2.05, 4.69) is 64.1 Å². The minimum atomic E-state index is -4.48. The Morgan fingerprint density at radius 3 is 0.740 bits per heavy atom. The van der Waals surface area contributed by atoms with Crippen LogP contribution in [-0.2, 0) is 45.9 Å². The van der Waals surface area contributed by atoms with Crippen LogP contribution in [-0.4, -0.2) is 74.8 Å². The molecule has 0 unspecified atom stereocenters. The molecule has 9 heteroatoms. The fraction of sp³-hybridized carbons (Fsp3) is 0.706. The standard InChI is InChI=1S/2C34H56O3S.Ba/c2*1-3-5-7-9-11-13-15-17-19-21-23-30-25-27-32-31(29-30)26-28-34(38(35,36)37)33(32)24-22-20-18-16-14-12-10-8-6-4-2;/h2*25-29H,3-24H2,1-2H3,(H,35,36,37);/q;;+2/p-2. The molecule has 432 valence electrons. The molecule has 0 atom stereocenters. The number of unbranched alkanes of at least 4 members (excludes halogenated alkanes) is 36. The fourth-order valence-electron chi connectivity index (χ4n) is 11.4. The zero-order chi connectivity index (χ0) is 55.0. The van der Waals surface area contributed by atoms with Crippen molar-refractivity contribution in [3.63, 3.8) is 0 Å². The molecule has 0 amide bonds. The SMILES string of the molecule is CCCCCCCCCCCCc1ccc2c(CCCCCCCCCCCC)c(S(=O)(=O)[O-])ccc2c1.CCCCCCCCCCCCc1ccc2c(CCCCCCCCCCCC)c(S(=O)(=O)[O-])ccc2c1.[Ba+2]. The molecular weight excluding hydrogens is 1110 g/mol. The number of benzene rings is 4. The van der Waals surface area contributed by atoms with Crippen molar-refractivity contribution in [1.82, 2.24) is 0 Å². The molecule has 0 aliphatic heterocycles. The van der Waals surface area contributed by atoms with Gasteiger partial charge in [0, 0.05) is 0 Å². The van der Waals surface area contributed by atoms with Crippen molar-refractivity contribution < 1.29 is 25.9 Å². The zero-order valence-electron chi connectivity index (χ0n) is 49.9. The van der Waals surface area contributed by atoms with E-state index in [9.17, 15) is 25.9 Å². The van der Waals surface area contributed by atoms with Gasteiger partial charge in [0.2, 0.25) is 0 Å². The van der Waals surface area contributed by atoms with Crippen LogP contribution in [0.4, 0.5) is 0 Å². The Balaban J connectivity index is 0.000000520. The van der Waals surface area contributed by atoms with Crippen LogP contribution in [0.15, 0.2) is 70.5 Å². The van der Waals surface area contributed by atoms with Crippen LogP contribution >= 0.6 is 0 Å². The van der Waals surface area contributed by atoms with E-state index in [1.54, 1.807) is 12.1 Å². The Labute approximate surface area is 514 Å². The van der Waals surface area contributed by atoms with Crippen molar-refractivity contribution in [1.29, 1.82) is 0 Å². The normalized spacial score (nSPS) is 11.8. The van der Waals surface area contributed by atoms with Crippen LogP contribution in [0.5, 0.6) is 0 Å². The summed E-state index contributed by atoms with van der Waals surface area (Å²) in [7, 11) is -8.96. The Bertz CT molecular complexity index is 2160. The third-order valence-electron chi connectivity index (χ3n) is 16.0. The zero-order valence-corrected chi connectivity index (χ0v) is 55.9. The molecule has 0 radical (unpaired) electrons. The molecule has 0 saturated heterocycles. The molecule has 0 bridgehead atoms. The van der Waals surface area contributed by atoms with Gasteiger partial charge in [-0.1, -0.05) is 307 Å². The minimum Gasteiger partial charge on any atom is -0.744 e. The van der Waals surface area contributed by atoms with E-state index in [0.717, 1.165) is 71.2 Å². The number of hydrogen-bond acceptors (Lipinski definition) is 6. The van der Waals surface area contributed by atoms with E-state index < -0.39 is 20.2 Å². The molecule has 4 rings (SSSR count). The summed E-state index contributed by atoms with van der Waals surface area (Å²) in [5.74, 6) is 0. The molecular formula is C68H110BaO6S2. The van der Waals surface area contributed by atoms with Crippen LogP contribution in [0, 0.1) is 0 Å². The van der Waals surface area contributed by atoms with Crippen molar-refractivity contribution in [3.8, 4) is 0 Å². The average Bonchev–Trinajstić information content (AvgIpc) is 3.40. The maximum absolute atomic E-state index is 12.0. The van der Waals surface area contributed by atoms with Gasteiger partial charge in [-0.2, -0.15) is 0 Å². The second kappa shape index (κ2) is 45.3. The molecule has 0 aromatic heterocycles. The second-order valence-electron chi connectivity index (χ2n) is 22.8. The first-order valence-electron chi connectivity index (χ1n) is 31.9. The van der Waals surface area contributed by atoms with Gasteiger partial charge in [-0.25, -0.2) is 16.8 Å². The van der Waals surface area contributed by atoms with Crippen LogP contribution in [0.2, 0.25) is 0 Å². The number of fused-ring (bicyclic) bond motifs is 2. The van der Waals surface area contributed by atoms with E-state index in [1.165, 1.54) is 242 Å². The Hall–Kier alpha value is -1.21. The molecule has 0 spiro atoms. The van der Waals surface area contributed by atoms with Crippen LogP contribution in [0.1, 0.15) is 307 Å². The summed E-state index contributed by atoms with van der Waals surface area (Å²) in [6.45, 7) is 9.03. The summed E-state index contributed by atoms with van der Waals surface area (Å²) in [4.78, 5) is -0.0493. The molecule has 0 fully saturated rings. The molecule has 4 aromatic carbocycles. The van der Waals surface area contributed by atoms with Crippen LogP contribution in [0.3, 0.4) is 0 Å². The van der Waals surface area contributed by atoms with Crippen LogP contribution in [0.25, 0.3) is 21.5 Å². The smallest absolute Gasteiger partial charge is 0.744 e. The molecule has 0 saturated carbocycles. The van der Waals surface area contributed by atoms with E-state index in [1.807, 2.05) is 12.1 Å². The second-order valence-corrected chi connectivity index (χ2v) is 25.5. The van der Waals surface area contributed by atoms with Gasteiger partial charge in [0.1, 0.15) is 20.2 Å². The van der Waals surface area contributed by atoms with Gasteiger partial charge >= 0.3 is 48.9 Å². The summed E-state index contributed by atoms with van der Waals surface area (Å²) in [6, 6.07) is 19.5. The van der Waals surface area contributed by atoms with Gasteiger partial charge in [0.25, 0.3) is 0 Å². The van der Waals surface area contributed by atoms with Crippen molar-refractivity contribution in [2.24, 2.45) is 0 Å². The van der Waals surface area contributed by atoms with Crippen molar-refractivity contribution in [2.75, 3.05) is 0 Å². The summed E-state index contributed by atoms with van der Waals surface area (Å²) in [6.07, 6.45) is 54.9. The van der Waals surface area contributed by atoms with Crippen molar-refractivity contribution >= 4 is 90.7 Å². The third-order valence-corrected chi connectivity index (χ3v) is 17.9.